The molecule has 4 heteroatoms. The number of benzene rings is 1. The molecule has 0 amide bonds. The van der Waals surface area contributed by atoms with Gasteiger partial charge in [0.05, 0.1) is 20.4 Å². The van der Waals surface area contributed by atoms with Crippen LogP contribution in [-0.4, -0.2) is 13.2 Å². The van der Waals surface area contributed by atoms with Crippen molar-refractivity contribution >= 4 is 45.2 Å². The lowest BCUT2D eigenvalue weighted by Gasteiger charge is -2.13. The predicted octanol–water partition coefficient (Wildman–Crippen LogP) is 3.69. The Morgan fingerprint density at radius 1 is 0.929 bits per heavy atom. The molecule has 0 aliphatic carbocycles. The zero-order valence-electron chi connectivity index (χ0n) is 8.14. The third kappa shape index (κ3) is 2.88. The fourth-order valence-corrected chi connectivity index (χ4v) is 2.23. The van der Waals surface area contributed by atoms with Crippen molar-refractivity contribution in [3.8, 4) is 11.5 Å². The molecular weight excluding hydrogens is 406 g/mol. The Balaban J connectivity index is 3.12. The zero-order chi connectivity index (χ0) is 10.6. The fourth-order valence-electron chi connectivity index (χ4n) is 1.07. The first-order chi connectivity index (χ1) is 6.70. The molecule has 0 radical (unpaired) electrons. The number of hydrogen-bond donors (Lipinski definition) is 0. The van der Waals surface area contributed by atoms with Crippen LogP contribution in [0.25, 0.3) is 0 Å². The molecule has 1 aromatic carbocycles. The van der Waals surface area contributed by atoms with Crippen molar-refractivity contribution in [2.24, 2.45) is 0 Å². The molecule has 0 bridgehead atoms. The van der Waals surface area contributed by atoms with E-state index < -0.39 is 0 Å². The van der Waals surface area contributed by atoms with E-state index in [4.69, 9.17) is 9.47 Å². The second-order valence-electron chi connectivity index (χ2n) is 2.55. The van der Waals surface area contributed by atoms with Gasteiger partial charge in [0, 0.05) is 0 Å². The van der Waals surface area contributed by atoms with E-state index in [1.54, 1.807) is 0 Å². The monoisotopic (exact) mass is 418 g/mol. The lowest BCUT2D eigenvalue weighted by atomic mass is 10.3. The van der Waals surface area contributed by atoms with Gasteiger partial charge in [-0.1, -0.05) is 0 Å². The molecule has 0 fully saturated rings. The molecule has 78 valence electrons. The quantitative estimate of drug-likeness (QED) is 0.695. The van der Waals surface area contributed by atoms with E-state index in [1.165, 1.54) is 0 Å². The van der Waals surface area contributed by atoms with Gasteiger partial charge < -0.3 is 9.47 Å². The Morgan fingerprint density at radius 2 is 1.29 bits per heavy atom. The predicted molar refractivity (Wildman–Crippen MR) is 74.2 cm³/mol. The van der Waals surface area contributed by atoms with Crippen molar-refractivity contribution in [3.63, 3.8) is 0 Å². The van der Waals surface area contributed by atoms with Gasteiger partial charge in [-0.2, -0.15) is 0 Å². The highest BCUT2D eigenvalue weighted by molar-refractivity contribution is 14.1. The Kier molecular flexibility index (Phi) is 5.29. The van der Waals surface area contributed by atoms with E-state index in [9.17, 15) is 0 Å². The molecular formula is C10H12I2O2. The third-order valence-electron chi connectivity index (χ3n) is 1.59. The van der Waals surface area contributed by atoms with E-state index in [1.807, 2.05) is 26.0 Å². The van der Waals surface area contributed by atoms with Crippen molar-refractivity contribution in [3.05, 3.63) is 19.3 Å². The smallest absolute Gasteiger partial charge is 0.175 e. The summed E-state index contributed by atoms with van der Waals surface area (Å²) in [6.07, 6.45) is 0. The van der Waals surface area contributed by atoms with Crippen LogP contribution in [0.1, 0.15) is 13.8 Å². The van der Waals surface area contributed by atoms with Crippen molar-refractivity contribution in [1.82, 2.24) is 0 Å². The zero-order valence-corrected chi connectivity index (χ0v) is 12.5. The largest absolute Gasteiger partial charge is 0.489 e. The molecule has 0 saturated heterocycles. The first-order valence-corrected chi connectivity index (χ1v) is 6.60. The molecule has 14 heavy (non-hydrogen) atoms. The van der Waals surface area contributed by atoms with Crippen LogP contribution in [0.4, 0.5) is 0 Å². The van der Waals surface area contributed by atoms with Crippen molar-refractivity contribution in [1.29, 1.82) is 0 Å². The lowest BCUT2D eigenvalue weighted by molar-refractivity contribution is 0.284. The summed E-state index contributed by atoms with van der Waals surface area (Å²) in [7, 11) is 0. The molecule has 0 unspecified atom stereocenters. The number of halogens is 2. The number of hydrogen-bond acceptors (Lipinski definition) is 2. The maximum atomic E-state index is 5.56. The molecule has 0 aromatic heterocycles. The molecule has 0 aliphatic rings. The topological polar surface area (TPSA) is 18.5 Å². The normalized spacial score (nSPS) is 10.0. The molecule has 0 atom stereocenters. The molecule has 1 aromatic rings. The summed E-state index contributed by atoms with van der Waals surface area (Å²) in [5, 5.41) is 0. The standard InChI is InChI=1S/C10H12I2O2/c1-3-13-9-7(11)5-6-8(12)10(9)14-4-2/h5-6H,3-4H2,1-2H3. The van der Waals surface area contributed by atoms with Gasteiger partial charge in [-0.3, -0.25) is 0 Å². The summed E-state index contributed by atoms with van der Waals surface area (Å²) in [6.45, 7) is 5.28. The third-order valence-corrected chi connectivity index (χ3v) is 3.29. The van der Waals surface area contributed by atoms with Gasteiger partial charge in [-0.15, -0.1) is 0 Å². The molecule has 0 heterocycles. The summed E-state index contributed by atoms with van der Waals surface area (Å²) >= 11 is 4.51. The molecule has 0 spiro atoms. The molecule has 0 aliphatic heterocycles. The molecule has 1 rings (SSSR count). The minimum Gasteiger partial charge on any atom is -0.489 e. The van der Waals surface area contributed by atoms with Gasteiger partial charge in [0.25, 0.3) is 0 Å². The Bertz CT molecular complexity index is 282. The summed E-state index contributed by atoms with van der Waals surface area (Å²) in [4.78, 5) is 0. The van der Waals surface area contributed by atoms with Crippen LogP contribution in [0.5, 0.6) is 11.5 Å². The average molecular weight is 418 g/mol. The molecule has 0 N–H and O–H groups in total. The van der Waals surface area contributed by atoms with Crippen molar-refractivity contribution in [2.45, 2.75) is 13.8 Å². The summed E-state index contributed by atoms with van der Waals surface area (Å²) in [5.41, 5.74) is 0. The first kappa shape index (κ1) is 12.4. The van der Waals surface area contributed by atoms with Gasteiger partial charge in [0.15, 0.2) is 11.5 Å². The second kappa shape index (κ2) is 5.99. The van der Waals surface area contributed by atoms with Crippen LogP contribution in [0.3, 0.4) is 0 Å². The Labute approximate surface area is 112 Å². The summed E-state index contributed by atoms with van der Waals surface area (Å²) in [6, 6.07) is 4.08. The second-order valence-corrected chi connectivity index (χ2v) is 4.88. The van der Waals surface area contributed by atoms with Crippen LogP contribution >= 0.6 is 45.2 Å². The minimum atomic E-state index is 0.663. The SMILES string of the molecule is CCOc1c(I)ccc(I)c1OCC. The maximum absolute atomic E-state index is 5.56. The van der Waals surface area contributed by atoms with E-state index in [2.05, 4.69) is 45.2 Å². The van der Waals surface area contributed by atoms with Gasteiger partial charge >= 0.3 is 0 Å². The van der Waals surface area contributed by atoms with Crippen molar-refractivity contribution in [2.75, 3.05) is 13.2 Å². The van der Waals surface area contributed by atoms with Crippen LogP contribution in [0.15, 0.2) is 12.1 Å². The van der Waals surface area contributed by atoms with E-state index in [0.717, 1.165) is 18.6 Å². The van der Waals surface area contributed by atoms with Crippen LogP contribution < -0.4 is 9.47 Å². The number of ether oxygens (including phenoxy) is 2. The van der Waals surface area contributed by atoms with Gasteiger partial charge in [-0.05, 0) is 71.2 Å². The van der Waals surface area contributed by atoms with E-state index in [0.29, 0.717) is 13.2 Å². The first-order valence-electron chi connectivity index (χ1n) is 4.44. The van der Waals surface area contributed by atoms with Crippen LogP contribution in [-0.2, 0) is 0 Å². The van der Waals surface area contributed by atoms with Crippen molar-refractivity contribution < 1.29 is 9.47 Å². The minimum absolute atomic E-state index is 0.663. The average Bonchev–Trinajstić information content (AvgIpc) is 2.17. The maximum Gasteiger partial charge on any atom is 0.175 e. The van der Waals surface area contributed by atoms with Gasteiger partial charge in [0.2, 0.25) is 0 Å². The van der Waals surface area contributed by atoms with E-state index >= 15 is 0 Å². The molecule has 2 nitrogen and oxygen atoms in total. The fraction of sp³-hybridized carbons (Fsp3) is 0.400. The Hall–Kier alpha value is 0.280. The van der Waals surface area contributed by atoms with Crippen LogP contribution in [0.2, 0.25) is 0 Å². The molecule has 0 saturated carbocycles. The van der Waals surface area contributed by atoms with Gasteiger partial charge in [0.1, 0.15) is 0 Å². The lowest BCUT2D eigenvalue weighted by Crippen LogP contribution is -2.01. The summed E-state index contributed by atoms with van der Waals surface area (Å²) < 4.78 is 13.3. The number of rotatable bonds is 4. The van der Waals surface area contributed by atoms with Gasteiger partial charge in [-0.25, -0.2) is 0 Å². The Morgan fingerprint density at radius 3 is 1.57 bits per heavy atom. The highest BCUT2D eigenvalue weighted by atomic mass is 127. The highest BCUT2D eigenvalue weighted by Crippen LogP contribution is 2.36. The summed E-state index contributed by atoms with van der Waals surface area (Å²) in [5.74, 6) is 1.73. The van der Waals surface area contributed by atoms with E-state index in [-0.39, 0.29) is 0 Å². The highest BCUT2D eigenvalue weighted by Gasteiger charge is 2.12. The van der Waals surface area contributed by atoms with Crippen LogP contribution in [0, 0.1) is 7.14 Å².